The highest BCUT2D eigenvalue weighted by Crippen LogP contribution is 2.31. The van der Waals surface area contributed by atoms with E-state index in [4.69, 9.17) is 5.73 Å². The van der Waals surface area contributed by atoms with Gasteiger partial charge in [-0.25, -0.2) is 0 Å². The third-order valence-electron chi connectivity index (χ3n) is 2.64. The highest BCUT2D eigenvalue weighted by Gasteiger charge is 2.19. The van der Waals surface area contributed by atoms with Crippen LogP contribution in [0, 0.1) is 12.8 Å². The number of anilines is 1. The van der Waals surface area contributed by atoms with E-state index in [9.17, 15) is 0 Å². The zero-order valence-corrected chi connectivity index (χ0v) is 7.72. The minimum absolute atomic E-state index is 0.782. The van der Waals surface area contributed by atoms with Gasteiger partial charge in [-0.1, -0.05) is 13.0 Å². The van der Waals surface area contributed by atoms with Crippen LogP contribution in [-0.2, 0) is 12.8 Å². The summed E-state index contributed by atoms with van der Waals surface area (Å²) in [4.78, 5) is 0. The third kappa shape index (κ3) is 1.09. The second kappa shape index (κ2) is 2.51. The van der Waals surface area contributed by atoms with Crippen LogP contribution in [0.5, 0.6) is 0 Å². The molecule has 0 spiro atoms. The summed E-state index contributed by atoms with van der Waals surface area (Å²) in [5.74, 6) is 0.782. The fourth-order valence-electron chi connectivity index (χ4n) is 2.15. The largest absolute Gasteiger partial charge is 0.398 e. The molecule has 0 amide bonds. The molecule has 1 nitrogen and oxygen atoms in total. The number of rotatable bonds is 0. The summed E-state index contributed by atoms with van der Waals surface area (Å²) in [7, 11) is 0. The summed E-state index contributed by atoms with van der Waals surface area (Å²) < 4.78 is 0. The Morgan fingerprint density at radius 3 is 2.83 bits per heavy atom. The quantitative estimate of drug-likeness (QED) is 0.580. The van der Waals surface area contributed by atoms with E-state index in [0.717, 1.165) is 11.6 Å². The lowest BCUT2D eigenvalue weighted by Crippen LogP contribution is -1.94. The van der Waals surface area contributed by atoms with Crippen molar-refractivity contribution >= 4 is 5.69 Å². The van der Waals surface area contributed by atoms with Crippen molar-refractivity contribution in [3.05, 3.63) is 28.8 Å². The molecule has 1 aromatic rings. The van der Waals surface area contributed by atoms with Gasteiger partial charge in [0.1, 0.15) is 0 Å². The minimum Gasteiger partial charge on any atom is -0.398 e. The number of nitrogen functional groups attached to an aromatic ring is 1. The first kappa shape index (κ1) is 7.66. The van der Waals surface area contributed by atoms with E-state index < -0.39 is 0 Å². The van der Waals surface area contributed by atoms with Gasteiger partial charge in [0.25, 0.3) is 0 Å². The SMILES string of the molecule is Cc1cc(N)c2c(c1)CC(C)C2. The number of nitrogens with two attached hydrogens (primary N) is 1. The fraction of sp³-hybridized carbons (Fsp3) is 0.455. The van der Waals surface area contributed by atoms with E-state index >= 15 is 0 Å². The number of hydrogen-bond donors (Lipinski definition) is 1. The van der Waals surface area contributed by atoms with Crippen LogP contribution in [-0.4, -0.2) is 0 Å². The molecule has 0 saturated carbocycles. The highest BCUT2D eigenvalue weighted by molar-refractivity contribution is 5.55. The fourth-order valence-corrected chi connectivity index (χ4v) is 2.15. The maximum atomic E-state index is 5.93. The van der Waals surface area contributed by atoms with Gasteiger partial charge in [-0.3, -0.25) is 0 Å². The van der Waals surface area contributed by atoms with Gasteiger partial charge in [0.15, 0.2) is 0 Å². The van der Waals surface area contributed by atoms with Crippen molar-refractivity contribution < 1.29 is 0 Å². The predicted octanol–water partition coefficient (Wildman–Crippen LogP) is 2.31. The molecule has 64 valence electrons. The first-order valence-electron chi connectivity index (χ1n) is 4.54. The van der Waals surface area contributed by atoms with Crippen molar-refractivity contribution in [2.45, 2.75) is 26.7 Å². The standard InChI is InChI=1S/C11H15N/c1-7-3-9-4-8(2)6-11(12)10(9)5-7/h4,6-7H,3,5,12H2,1-2H3. The van der Waals surface area contributed by atoms with Gasteiger partial charge in [0.05, 0.1) is 0 Å². The summed E-state index contributed by atoms with van der Waals surface area (Å²) in [5, 5.41) is 0. The maximum Gasteiger partial charge on any atom is 0.0352 e. The van der Waals surface area contributed by atoms with Gasteiger partial charge >= 0.3 is 0 Å². The molecule has 0 fully saturated rings. The molecule has 1 aliphatic rings. The topological polar surface area (TPSA) is 26.0 Å². The second-order valence-electron chi connectivity index (χ2n) is 4.01. The van der Waals surface area contributed by atoms with Crippen molar-refractivity contribution in [1.29, 1.82) is 0 Å². The Morgan fingerprint density at radius 1 is 1.33 bits per heavy atom. The van der Waals surface area contributed by atoms with E-state index in [2.05, 4.69) is 26.0 Å². The lowest BCUT2D eigenvalue weighted by Gasteiger charge is -2.04. The molecule has 0 radical (unpaired) electrons. The summed E-state index contributed by atoms with van der Waals surface area (Å²) >= 11 is 0. The van der Waals surface area contributed by atoms with Gasteiger partial charge in [-0.15, -0.1) is 0 Å². The molecule has 1 aromatic carbocycles. The normalized spacial score (nSPS) is 21.0. The Hall–Kier alpha value is -0.980. The molecule has 2 N–H and O–H groups in total. The van der Waals surface area contributed by atoms with Crippen LogP contribution in [0.15, 0.2) is 12.1 Å². The summed E-state index contributed by atoms with van der Waals surface area (Å²) in [6.45, 7) is 4.40. The van der Waals surface area contributed by atoms with Gasteiger partial charge in [-0.05, 0) is 48.4 Å². The van der Waals surface area contributed by atoms with Crippen LogP contribution in [0.1, 0.15) is 23.6 Å². The second-order valence-corrected chi connectivity index (χ2v) is 4.01. The van der Waals surface area contributed by atoms with Crippen LogP contribution >= 0.6 is 0 Å². The summed E-state index contributed by atoms with van der Waals surface area (Å²) in [6.07, 6.45) is 2.38. The first-order chi connectivity index (χ1) is 5.66. The van der Waals surface area contributed by atoms with Crippen LogP contribution in [0.4, 0.5) is 5.69 Å². The van der Waals surface area contributed by atoms with Crippen molar-refractivity contribution in [3.63, 3.8) is 0 Å². The molecule has 0 heterocycles. The molecular formula is C11H15N. The maximum absolute atomic E-state index is 5.93. The molecule has 1 heteroatoms. The summed E-state index contributed by atoms with van der Waals surface area (Å²) in [5.41, 5.74) is 11.1. The van der Waals surface area contributed by atoms with Crippen molar-refractivity contribution in [1.82, 2.24) is 0 Å². The van der Waals surface area contributed by atoms with E-state index in [-0.39, 0.29) is 0 Å². The molecule has 12 heavy (non-hydrogen) atoms. The molecule has 2 rings (SSSR count). The van der Waals surface area contributed by atoms with E-state index in [1.54, 1.807) is 0 Å². The van der Waals surface area contributed by atoms with Gasteiger partial charge in [-0.2, -0.15) is 0 Å². The summed E-state index contributed by atoms with van der Waals surface area (Å²) in [6, 6.07) is 4.35. The van der Waals surface area contributed by atoms with Crippen LogP contribution < -0.4 is 5.73 Å². The number of fused-ring (bicyclic) bond motifs is 1. The Bertz CT molecular complexity index is 315. The molecule has 0 saturated heterocycles. The minimum atomic E-state index is 0.782. The van der Waals surface area contributed by atoms with Crippen molar-refractivity contribution in [2.24, 2.45) is 5.92 Å². The van der Waals surface area contributed by atoms with Gasteiger partial charge < -0.3 is 5.73 Å². The first-order valence-corrected chi connectivity index (χ1v) is 4.54. The highest BCUT2D eigenvalue weighted by atomic mass is 14.6. The molecular weight excluding hydrogens is 146 g/mol. The Kier molecular flexibility index (Phi) is 1.60. The smallest absolute Gasteiger partial charge is 0.0352 e. The van der Waals surface area contributed by atoms with Crippen LogP contribution in [0.25, 0.3) is 0 Å². The molecule has 1 atom stereocenters. The van der Waals surface area contributed by atoms with Gasteiger partial charge in [0, 0.05) is 5.69 Å². The van der Waals surface area contributed by atoms with E-state index in [1.165, 1.54) is 29.5 Å². The lowest BCUT2D eigenvalue weighted by molar-refractivity contribution is 0.628. The zero-order chi connectivity index (χ0) is 8.72. The van der Waals surface area contributed by atoms with E-state index in [1.807, 2.05) is 0 Å². The monoisotopic (exact) mass is 161 g/mol. The average Bonchev–Trinajstić information content (AvgIpc) is 2.29. The number of aryl methyl sites for hydroxylation is 1. The van der Waals surface area contributed by atoms with Crippen molar-refractivity contribution in [2.75, 3.05) is 5.73 Å². The van der Waals surface area contributed by atoms with Crippen molar-refractivity contribution in [3.8, 4) is 0 Å². The van der Waals surface area contributed by atoms with Gasteiger partial charge in [0.2, 0.25) is 0 Å². The van der Waals surface area contributed by atoms with Crippen LogP contribution in [0.3, 0.4) is 0 Å². The number of hydrogen-bond acceptors (Lipinski definition) is 1. The third-order valence-corrected chi connectivity index (χ3v) is 2.64. The Morgan fingerprint density at radius 2 is 2.08 bits per heavy atom. The molecule has 1 unspecified atom stereocenters. The van der Waals surface area contributed by atoms with Crippen LogP contribution in [0.2, 0.25) is 0 Å². The molecule has 0 aliphatic heterocycles. The number of benzene rings is 1. The Labute approximate surface area is 73.6 Å². The zero-order valence-electron chi connectivity index (χ0n) is 7.72. The molecule has 0 bridgehead atoms. The Balaban J connectivity index is 2.52. The van der Waals surface area contributed by atoms with E-state index in [0.29, 0.717) is 0 Å². The lowest BCUT2D eigenvalue weighted by atomic mass is 10.1. The predicted molar refractivity (Wildman–Crippen MR) is 52.2 cm³/mol. The molecule has 1 aliphatic carbocycles. The molecule has 0 aromatic heterocycles. The average molecular weight is 161 g/mol.